The van der Waals surface area contributed by atoms with Gasteiger partial charge in [0, 0.05) is 19.4 Å². The van der Waals surface area contributed by atoms with Gasteiger partial charge in [0.2, 0.25) is 35.4 Å². The Bertz CT molecular complexity index is 950. The predicted molar refractivity (Wildman–Crippen MR) is 147 cm³/mol. The molecule has 0 bridgehead atoms. The highest BCUT2D eigenvalue weighted by atomic mass is 31.0. The van der Waals surface area contributed by atoms with Gasteiger partial charge in [-0.25, -0.2) is 0 Å². The summed E-state index contributed by atoms with van der Waals surface area (Å²) < 4.78 is 0. The van der Waals surface area contributed by atoms with Gasteiger partial charge in [-0.15, -0.1) is 0 Å². The van der Waals surface area contributed by atoms with Crippen molar-refractivity contribution in [3.8, 4) is 0 Å². The number of rotatable bonds is 8. The number of hydrogen-bond acceptors (Lipinski definition) is 8. The van der Waals surface area contributed by atoms with E-state index in [1.807, 2.05) is 9.39 Å². The lowest BCUT2D eigenvalue weighted by atomic mass is 10.1. The van der Waals surface area contributed by atoms with Crippen LogP contribution in [-0.2, 0) is 33.6 Å². The highest BCUT2D eigenvalue weighted by molar-refractivity contribution is 7.15. The first kappa shape index (κ1) is 34.7. The molecule has 3 unspecified atom stereocenters. The zero-order valence-electron chi connectivity index (χ0n) is 23.3. The van der Waals surface area contributed by atoms with Crippen LogP contribution in [0.25, 0.3) is 0 Å². The molecule has 15 nitrogen and oxygen atoms in total. The maximum atomic E-state index is 13.0. The fourth-order valence-corrected chi connectivity index (χ4v) is 3.92. The molecule has 1 aliphatic rings. The van der Waals surface area contributed by atoms with Gasteiger partial charge in [-0.2, -0.15) is 0 Å². The Morgan fingerprint density at radius 1 is 0.850 bits per heavy atom. The van der Waals surface area contributed by atoms with E-state index in [0.717, 1.165) is 0 Å². The Morgan fingerprint density at radius 3 is 2.10 bits per heavy atom. The monoisotopic (exact) mass is 587 g/mol. The highest BCUT2D eigenvalue weighted by Crippen LogP contribution is 2.06. The van der Waals surface area contributed by atoms with Gasteiger partial charge >= 0.3 is 0 Å². The van der Waals surface area contributed by atoms with Crippen molar-refractivity contribution in [3.05, 3.63) is 0 Å². The summed E-state index contributed by atoms with van der Waals surface area (Å²) in [5.41, 5.74) is 0. The Hall–Kier alpha value is -3.32. The van der Waals surface area contributed by atoms with Crippen LogP contribution in [0.3, 0.4) is 0 Å². The molecule has 1 fully saturated rings. The van der Waals surface area contributed by atoms with E-state index in [1.165, 1.54) is 27.7 Å². The molecule has 8 N–H and O–H groups in total. The summed E-state index contributed by atoms with van der Waals surface area (Å²) in [5, 5.41) is 27.9. The number of amides is 7. The van der Waals surface area contributed by atoms with Crippen LogP contribution in [0.2, 0.25) is 0 Å². The third kappa shape index (κ3) is 12.2. The smallest absolute Gasteiger partial charge is 0.251 e. The third-order valence-corrected chi connectivity index (χ3v) is 6.50. The Labute approximate surface area is 235 Å². The second-order valence-electron chi connectivity index (χ2n) is 9.76. The topological polar surface area (TPSA) is 224 Å². The van der Waals surface area contributed by atoms with Crippen LogP contribution >= 0.6 is 9.39 Å². The van der Waals surface area contributed by atoms with Crippen LogP contribution in [0.5, 0.6) is 0 Å². The van der Waals surface area contributed by atoms with E-state index in [9.17, 15) is 38.7 Å². The van der Waals surface area contributed by atoms with Crippen molar-refractivity contribution in [3.63, 3.8) is 0 Å². The maximum Gasteiger partial charge on any atom is 0.251 e. The molecule has 7 atom stereocenters. The first-order valence-electron chi connectivity index (χ1n) is 13.2. The lowest BCUT2D eigenvalue weighted by Gasteiger charge is -2.26. The van der Waals surface area contributed by atoms with E-state index in [4.69, 9.17) is 0 Å². The quantitative estimate of drug-likeness (QED) is 0.138. The summed E-state index contributed by atoms with van der Waals surface area (Å²) in [6.07, 6.45) is 0.0553. The molecule has 0 aliphatic carbocycles. The Kier molecular flexibility index (Phi) is 15.1. The largest absolute Gasteiger partial charge is 0.381 e. The molecule has 0 aromatic heterocycles. The summed E-state index contributed by atoms with van der Waals surface area (Å²) in [6.45, 7) is 6.03. The van der Waals surface area contributed by atoms with Crippen molar-refractivity contribution >= 4 is 50.7 Å². The lowest BCUT2D eigenvalue weighted by molar-refractivity contribution is -0.136. The van der Waals surface area contributed by atoms with Crippen LogP contribution in [0, 0.1) is 0 Å². The number of carbonyl (C=O) groups is 7. The minimum Gasteiger partial charge on any atom is -0.381 e. The first-order chi connectivity index (χ1) is 18.8. The zero-order valence-corrected chi connectivity index (χ0v) is 24.5. The van der Waals surface area contributed by atoms with Gasteiger partial charge in [0.05, 0.1) is 6.04 Å². The molecule has 226 valence electrons. The number of carbonyl (C=O) groups excluding carboxylic acids is 7. The van der Waals surface area contributed by atoms with E-state index < -0.39 is 71.8 Å². The second-order valence-corrected chi connectivity index (χ2v) is 10.0. The normalized spacial score (nSPS) is 22.3. The number of aliphatic hydroxyl groups is 1. The molecular weight excluding hydrogens is 545 g/mol. The van der Waals surface area contributed by atoms with Gasteiger partial charge < -0.3 is 42.1 Å². The average molecular weight is 588 g/mol. The molecule has 0 aromatic rings. The van der Waals surface area contributed by atoms with Crippen molar-refractivity contribution in [2.45, 2.75) is 103 Å². The molecule has 7 amide bonds. The van der Waals surface area contributed by atoms with E-state index in [0.29, 0.717) is 25.8 Å². The molecule has 1 rings (SSSR count). The molecule has 0 radical (unpaired) electrons. The zero-order chi connectivity index (χ0) is 30.4. The summed E-state index contributed by atoms with van der Waals surface area (Å²) in [5.74, 6) is -3.90. The van der Waals surface area contributed by atoms with Crippen molar-refractivity contribution in [1.29, 1.82) is 0 Å². The first-order valence-corrected chi connectivity index (χ1v) is 13.8. The summed E-state index contributed by atoms with van der Waals surface area (Å²) in [6, 6.07) is -5.04. The minimum atomic E-state index is -1.74. The molecule has 1 saturated heterocycles. The molecule has 1 heterocycles. The molecule has 1 aliphatic heterocycles. The predicted octanol–water partition coefficient (Wildman–Crippen LogP) is -2.77. The maximum absolute atomic E-state index is 13.0. The molecular formula is C24H42N7O8P. The highest BCUT2D eigenvalue weighted by Gasteiger charge is 2.30. The number of hydrogen-bond donors (Lipinski definition) is 8. The standard InChI is InChI=1S/C24H42N7O8P/c1-12(19(34)24(39)29-14(3)20(35)28-15(4)22(37)31-40)27-23(38)16-8-5-6-11-25-17(32)9-7-10-18(33)26-13(2)21(36)30-16/h12-16,19,34H,5-11,40H2,1-4H3,(H,25,32)(H,26,33)(H,27,38)(H,28,35)(H,29,39)(H,30,36)(H,31,37)/t12?,13-,14-,15-,16-,19?/m0/s1. The van der Waals surface area contributed by atoms with Crippen LogP contribution in [-0.4, -0.2) is 89.3 Å². The summed E-state index contributed by atoms with van der Waals surface area (Å²) in [4.78, 5) is 86.0. The van der Waals surface area contributed by atoms with E-state index in [1.54, 1.807) is 0 Å². The fraction of sp³-hybridized carbons (Fsp3) is 0.708. The summed E-state index contributed by atoms with van der Waals surface area (Å²) in [7, 11) is 2.01. The fourth-order valence-electron chi connectivity index (χ4n) is 3.67. The van der Waals surface area contributed by atoms with Gasteiger partial charge in [-0.1, -0.05) is 0 Å². The van der Waals surface area contributed by atoms with Crippen LogP contribution in [0.15, 0.2) is 0 Å². The third-order valence-electron chi connectivity index (χ3n) is 6.21. The SMILES string of the molecule is CC(NC(=O)[C@@H]1CCCCNC(=O)CCCC(=O)N[C@@H](C)C(=O)N1)C(O)C(=O)N[C@@H](C)C(=O)N[C@@H](C)C(=O)NP. The van der Waals surface area contributed by atoms with Crippen LogP contribution in [0.1, 0.15) is 66.2 Å². The molecule has 16 heteroatoms. The van der Waals surface area contributed by atoms with Crippen molar-refractivity contribution in [1.82, 2.24) is 37.0 Å². The lowest BCUT2D eigenvalue weighted by Crippen LogP contribution is -2.58. The van der Waals surface area contributed by atoms with Gasteiger partial charge in [-0.05, 0) is 62.8 Å². The number of aliphatic hydroxyl groups excluding tert-OH is 1. The van der Waals surface area contributed by atoms with Gasteiger partial charge in [0.25, 0.3) is 5.91 Å². The van der Waals surface area contributed by atoms with E-state index >= 15 is 0 Å². The van der Waals surface area contributed by atoms with Gasteiger partial charge in [-0.3, -0.25) is 33.6 Å². The second kappa shape index (κ2) is 17.4. The molecule has 0 aromatic carbocycles. The van der Waals surface area contributed by atoms with Gasteiger partial charge in [0.1, 0.15) is 24.2 Å². The molecule has 0 saturated carbocycles. The van der Waals surface area contributed by atoms with Crippen molar-refractivity contribution in [2.24, 2.45) is 0 Å². The molecule has 0 spiro atoms. The van der Waals surface area contributed by atoms with Crippen molar-refractivity contribution in [2.75, 3.05) is 6.54 Å². The van der Waals surface area contributed by atoms with Crippen molar-refractivity contribution < 1.29 is 38.7 Å². The number of nitrogens with one attached hydrogen (secondary N) is 7. The minimum absolute atomic E-state index is 0.0684. The van der Waals surface area contributed by atoms with E-state index in [2.05, 4.69) is 37.0 Å². The van der Waals surface area contributed by atoms with Crippen LogP contribution < -0.4 is 37.0 Å². The van der Waals surface area contributed by atoms with E-state index in [-0.39, 0.29) is 25.2 Å². The van der Waals surface area contributed by atoms with Crippen LogP contribution in [0.4, 0.5) is 0 Å². The Balaban J connectivity index is 2.79. The Morgan fingerprint density at radius 2 is 1.45 bits per heavy atom. The van der Waals surface area contributed by atoms with Gasteiger partial charge in [0.15, 0.2) is 6.10 Å². The summed E-state index contributed by atoms with van der Waals surface area (Å²) >= 11 is 0. The average Bonchev–Trinajstić information content (AvgIpc) is 2.90. The molecule has 40 heavy (non-hydrogen) atoms.